The van der Waals surface area contributed by atoms with E-state index < -0.39 is 0 Å². The van der Waals surface area contributed by atoms with Gasteiger partial charge in [-0.1, -0.05) is 18.3 Å². The Labute approximate surface area is 133 Å². The number of aromatic nitrogens is 2. The maximum atomic E-state index is 11.8. The average molecular weight is 326 g/mol. The lowest BCUT2D eigenvalue weighted by Gasteiger charge is -2.12. The monoisotopic (exact) mass is 326 g/mol. The zero-order valence-electron chi connectivity index (χ0n) is 12.7. The van der Waals surface area contributed by atoms with Crippen LogP contribution in [0.2, 0.25) is 0 Å². The largest absolute Gasteiger partial charge is 0.396 e. The van der Waals surface area contributed by atoms with Gasteiger partial charge in [-0.05, 0) is 19.3 Å². The van der Waals surface area contributed by atoms with Crippen molar-refractivity contribution in [3.05, 3.63) is 5.01 Å². The lowest BCUT2D eigenvalue weighted by molar-refractivity contribution is -0.124. The molecule has 3 N–H and O–H groups in total. The van der Waals surface area contributed by atoms with Crippen LogP contribution in [0.15, 0.2) is 0 Å². The van der Waals surface area contributed by atoms with Gasteiger partial charge >= 0.3 is 0 Å². The lowest BCUT2D eigenvalue weighted by atomic mass is 10.1. The Kier molecular flexibility index (Phi) is 5.84. The number of nitrogens with zero attached hydrogens (tertiary/aromatic N) is 2. The molecule has 1 aliphatic rings. The Morgan fingerprint density at radius 1 is 1.27 bits per heavy atom. The van der Waals surface area contributed by atoms with Gasteiger partial charge in [-0.15, -0.1) is 10.2 Å². The molecule has 0 aromatic carbocycles. The van der Waals surface area contributed by atoms with Gasteiger partial charge in [-0.25, -0.2) is 0 Å². The highest BCUT2D eigenvalue weighted by Gasteiger charge is 2.41. The molecule has 0 spiro atoms. The van der Waals surface area contributed by atoms with E-state index in [1.165, 1.54) is 11.3 Å². The first-order chi connectivity index (χ1) is 10.6. The molecule has 0 unspecified atom stereocenters. The number of carbonyl (C=O) groups excluding carboxylic acids is 2. The second-order valence-corrected chi connectivity index (χ2v) is 6.80. The Hall–Kier alpha value is -1.54. The van der Waals surface area contributed by atoms with Crippen LogP contribution in [-0.2, 0) is 16.0 Å². The maximum absolute atomic E-state index is 11.8. The molecule has 1 aromatic rings. The molecular weight excluding hydrogens is 304 g/mol. The second-order valence-electron chi connectivity index (χ2n) is 5.73. The van der Waals surface area contributed by atoms with E-state index in [0.29, 0.717) is 11.7 Å². The Bertz CT molecular complexity index is 528. The number of aliphatic hydroxyl groups excluding tert-OH is 1. The minimum absolute atomic E-state index is 0.102. The molecule has 22 heavy (non-hydrogen) atoms. The number of amides is 2. The fourth-order valence-electron chi connectivity index (χ4n) is 1.97. The summed E-state index contributed by atoms with van der Waals surface area (Å²) >= 11 is 1.36. The van der Waals surface area contributed by atoms with E-state index in [1.807, 2.05) is 0 Å². The first-order valence-corrected chi connectivity index (χ1v) is 8.38. The van der Waals surface area contributed by atoms with E-state index in [4.69, 9.17) is 5.11 Å². The maximum Gasteiger partial charge on any atom is 0.226 e. The Morgan fingerprint density at radius 3 is 2.64 bits per heavy atom. The second kappa shape index (κ2) is 7.64. The molecule has 7 nitrogen and oxygen atoms in total. The number of hydrogen-bond acceptors (Lipinski definition) is 6. The number of hydrogen-bond donors (Lipinski definition) is 3. The third-order valence-corrected chi connectivity index (χ3v) is 4.61. The number of anilines is 1. The summed E-state index contributed by atoms with van der Waals surface area (Å²) in [5, 5.41) is 23.8. The number of carbonyl (C=O) groups is 2. The highest BCUT2D eigenvalue weighted by Crippen LogP contribution is 2.44. The predicted molar refractivity (Wildman–Crippen MR) is 83.5 cm³/mol. The van der Waals surface area contributed by atoms with E-state index >= 15 is 0 Å². The molecule has 0 atom stereocenters. The Balaban J connectivity index is 1.65. The number of nitrogens with one attached hydrogen (secondary N) is 2. The van der Waals surface area contributed by atoms with Crippen LogP contribution in [0.25, 0.3) is 0 Å². The molecule has 1 saturated carbocycles. The summed E-state index contributed by atoms with van der Waals surface area (Å²) < 4.78 is 0. The summed E-state index contributed by atoms with van der Waals surface area (Å²) in [5.41, 5.74) is -0.111. The molecule has 1 aromatic heterocycles. The molecule has 2 amide bonds. The number of aliphatic hydroxyl groups is 1. The SMILES string of the molecule is CCCc1nnc(NC(=O)CCC(=O)NCC2(CO)CC2)s1. The third-order valence-electron chi connectivity index (χ3n) is 3.71. The molecule has 8 heteroatoms. The normalized spacial score (nSPS) is 15.4. The van der Waals surface area contributed by atoms with E-state index in [0.717, 1.165) is 30.7 Å². The summed E-state index contributed by atoms with van der Waals surface area (Å²) in [6, 6.07) is 0. The van der Waals surface area contributed by atoms with Crippen LogP contribution in [0.3, 0.4) is 0 Å². The van der Waals surface area contributed by atoms with Crippen molar-refractivity contribution >= 4 is 28.3 Å². The first kappa shape index (κ1) is 16.8. The smallest absolute Gasteiger partial charge is 0.226 e. The fourth-order valence-corrected chi connectivity index (χ4v) is 2.83. The van der Waals surface area contributed by atoms with Gasteiger partial charge in [0, 0.05) is 31.2 Å². The van der Waals surface area contributed by atoms with Gasteiger partial charge in [0.2, 0.25) is 16.9 Å². The van der Waals surface area contributed by atoms with Crippen molar-refractivity contribution in [2.24, 2.45) is 5.41 Å². The van der Waals surface area contributed by atoms with E-state index in [-0.39, 0.29) is 36.7 Å². The average Bonchev–Trinajstić information content (AvgIpc) is 3.17. The van der Waals surface area contributed by atoms with E-state index in [9.17, 15) is 9.59 Å². The minimum Gasteiger partial charge on any atom is -0.396 e. The van der Waals surface area contributed by atoms with Gasteiger partial charge in [0.25, 0.3) is 0 Å². The summed E-state index contributed by atoms with van der Waals surface area (Å²) in [6.07, 6.45) is 3.97. The molecule has 1 aliphatic carbocycles. The van der Waals surface area contributed by atoms with Gasteiger partial charge in [0.15, 0.2) is 0 Å². The van der Waals surface area contributed by atoms with Crippen LogP contribution in [0.4, 0.5) is 5.13 Å². The summed E-state index contributed by atoms with van der Waals surface area (Å²) in [4.78, 5) is 23.4. The molecule has 1 heterocycles. The van der Waals surface area contributed by atoms with Crippen LogP contribution in [0.5, 0.6) is 0 Å². The van der Waals surface area contributed by atoms with Crippen molar-refractivity contribution in [2.45, 2.75) is 45.4 Å². The van der Waals surface area contributed by atoms with Crippen molar-refractivity contribution in [1.29, 1.82) is 0 Å². The zero-order chi connectivity index (χ0) is 16.0. The van der Waals surface area contributed by atoms with Crippen molar-refractivity contribution < 1.29 is 14.7 Å². The summed E-state index contributed by atoms with van der Waals surface area (Å²) in [7, 11) is 0. The first-order valence-electron chi connectivity index (χ1n) is 7.57. The van der Waals surface area contributed by atoms with Crippen LogP contribution in [0, 0.1) is 5.41 Å². The number of aryl methyl sites for hydroxylation is 1. The van der Waals surface area contributed by atoms with Gasteiger partial charge < -0.3 is 15.7 Å². The van der Waals surface area contributed by atoms with Crippen molar-refractivity contribution in [2.75, 3.05) is 18.5 Å². The lowest BCUT2D eigenvalue weighted by Crippen LogP contribution is -2.32. The van der Waals surface area contributed by atoms with Gasteiger partial charge in [0.1, 0.15) is 5.01 Å². The predicted octanol–water partition coefficient (Wildman–Crippen LogP) is 1.10. The molecule has 0 bridgehead atoms. The van der Waals surface area contributed by atoms with Gasteiger partial charge in [-0.3, -0.25) is 9.59 Å². The summed E-state index contributed by atoms with van der Waals surface area (Å²) in [5.74, 6) is -0.406. The molecule has 0 radical (unpaired) electrons. The van der Waals surface area contributed by atoms with Crippen LogP contribution < -0.4 is 10.6 Å². The number of rotatable bonds is 9. The van der Waals surface area contributed by atoms with Gasteiger partial charge in [-0.2, -0.15) is 0 Å². The van der Waals surface area contributed by atoms with Crippen molar-refractivity contribution in [3.8, 4) is 0 Å². The topological polar surface area (TPSA) is 104 Å². The van der Waals surface area contributed by atoms with Crippen LogP contribution in [-0.4, -0.2) is 40.3 Å². The zero-order valence-corrected chi connectivity index (χ0v) is 13.5. The highest BCUT2D eigenvalue weighted by molar-refractivity contribution is 7.15. The molecule has 2 rings (SSSR count). The van der Waals surface area contributed by atoms with Crippen LogP contribution >= 0.6 is 11.3 Å². The molecule has 0 aliphatic heterocycles. The fraction of sp³-hybridized carbons (Fsp3) is 0.714. The summed E-state index contributed by atoms with van der Waals surface area (Å²) in [6.45, 7) is 2.65. The Morgan fingerprint density at radius 2 is 2.00 bits per heavy atom. The highest BCUT2D eigenvalue weighted by atomic mass is 32.1. The third kappa shape index (κ3) is 5.03. The van der Waals surface area contributed by atoms with Crippen molar-refractivity contribution in [3.63, 3.8) is 0 Å². The molecule has 122 valence electrons. The van der Waals surface area contributed by atoms with E-state index in [2.05, 4.69) is 27.8 Å². The van der Waals surface area contributed by atoms with E-state index in [1.54, 1.807) is 0 Å². The van der Waals surface area contributed by atoms with Crippen LogP contribution in [0.1, 0.15) is 44.0 Å². The quantitative estimate of drug-likeness (QED) is 0.630. The molecule has 0 saturated heterocycles. The molecule has 1 fully saturated rings. The van der Waals surface area contributed by atoms with Gasteiger partial charge in [0.05, 0.1) is 6.61 Å². The standard InChI is InChI=1S/C14H22N4O3S/c1-2-3-12-17-18-13(22-12)16-11(21)5-4-10(20)15-8-14(9-19)6-7-14/h19H,2-9H2,1H3,(H,15,20)(H,16,18,21). The minimum atomic E-state index is -0.238. The molecular formula is C14H22N4O3S. The van der Waals surface area contributed by atoms with Crippen molar-refractivity contribution in [1.82, 2.24) is 15.5 Å².